The Morgan fingerprint density at radius 1 is 1.31 bits per heavy atom. The maximum Gasteiger partial charge on any atom is 0.337 e. The molecule has 4 rings (SSSR count). The number of H-pyrrole nitrogens is 1. The summed E-state index contributed by atoms with van der Waals surface area (Å²) in [6, 6.07) is 6.40. The van der Waals surface area contributed by atoms with Crippen LogP contribution in [0.2, 0.25) is 0 Å². The first-order valence-corrected chi connectivity index (χ1v) is 10.4. The van der Waals surface area contributed by atoms with Gasteiger partial charge in [0.15, 0.2) is 0 Å². The molecule has 3 atom stereocenters. The third-order valence-corrected chi connectivity index (χ3v) is 6.67. The van der Waals surface area contributed by atoms with Gasteiger partial charge in [0.1, 0.15) is 5.75 Å². The Labute approximate surface area is 171 Å². The Morgan fingerprint density at radius 2 is 2.14 bits per heavy atom. The lowest BCUT2D eigenvalue weighted by Crippen LogP contribution is -2.47. The molecule has 156 valence electrons. The lowest BCUT2D eigenvalue weighted by atomic mass is 9.74. The van der Waals surface area contributed by atoms with Gasteiger partial charge < -0.3 is 19.2 Å². The van der Waals surface area contributed by atoms with Crippen LogP contribution in [-0.2, 0) is 20.7 Å². The van der Waals surface area contributed by atoms with Gasteiger partial charge in [0.05, 0.1) is 39.2 Å². The second-order valence-corrected chi connectivity index (χ2v) is 7.97. The molecular weight excluding hydrogens is 368 g/mol. The summed E-state index contributed by atoms with van der Waals surface area (Å²) in [4.78, 5) is 18.7. The highest BCUT2D eigenvalue weighted by molar-refractivity contribution is 5.91. The molecule has 0 amide bonds. The van der Waals surface area contributed by atoms with Gasteiger partial charge in [-0.1, -0.05) is 19.4 Å². The summed E-state index contributed by atoms with van der Waals surface area (Å²) in [5.41, 5.74) is 4.37. The fraction of sp³-hybridized carbons (Fsp3) is 0.522. The number of rotatable bonds is 5. The van der Waals surface area contributed by atoms with Crippen LogP contribution in [0, 0.1) is 11.8 Å². The zero-order valence-corrected chi connectivity index (χ0v) is 17.7. The van der Waals surface area contributed by atoms with E-state index in [2.05, 4.69) is 22.9 Å². The zero-order chi connectivity index (χ0) is 20.5. The predicted octanol–water partition coefficient (Wildman–Crippen LogP) is 3.83. The fourth-order valence-corrected chi connectivity index (χ4v) is 5.28. The first kappa shape index (κ1) is 19.8. The number of aromatic amines is 1. The first-order valence-electron chi connectivity index (χ1n) is 10.4. The lowest BCUT2D eigenvalue weighted by Gasteiger charge is -2.46. The van der Waals surface area contributed by atoms with Gasteiger partial charge in [-0.3, -0.25) is 4.90 Å². The number of hydrogen-bond acceptors (Lipinski definition) is 5. The molecule has 6 heteroatoms. The van der Waals surface area contributed by atoms with Crippen molar-refractivity contribution < 1.29 is 19.0 Å². The summed E-state index contributed by atoms with van der Waals surface area (Å²) in [5, 5.41) is 1.19. The normalized spacial score (nSPS) is 24.7. The number of aromatic nitrogens is 1. The van der Waals surface area contributed by atoms with Crippen LogP contribution in [0.25, 0.3) is 10.9 Å². The van der Waals surface area contributed by atoms with E-state index in [-0.39, 0.29) is 17.9 Å². The zero-order valence-electron chi connectivity index (χ0n) is 17.7. The van der Waals surface area contributed by atoms with Gasteiger partial charge in [-0.25, -0.2) is 4.79 Å². The first-order chi connectivity index (χ1) is 14.1. The number of ether oxygens (including phenoxy) is 3. The molecule has 2 aromatic rings. The number of piperidine rings is 1. The van der Waals surface area contributed by atoms with E-state index < -0.39 is 0 Å². The van der Waals surface area contributed by atoms with Crippen LogP contribution < -0.4 is 4.74 Å². The molecule has 0 bridgehead atoms. The van der Waals surface area contributed by atoms with Crippen molar-refractivity contribution in [2.45, 2.75) is 32.2 Å². The maximum absolute atomic E-state index is 12.5. The molecule has 0 radical (unpaired) electrons. The van der Waals surface area contributed by atoms with E-state index in [1.165, 1.54) is 23.8 Å². The van der Waals surface area contributed by atoms with Crippen molar-refractivity contribution in [3.63, 3.8) is 0 Å². The monoisotopic (exact) mass is 398 g/mol. The molecule has 2 aliphatic rings. The number of hydrogen-bond donors (Lipinski definition) is 1. The summed E-state index contributed by atoms with van der Waals surface area (Å²) in [6.07, 6.45) is 4.46. The van der Waals surface area contributed by atoms with Crippen LogP contribution in [0.1, 0.15) is 37.1 Å². The maximum atomic E-state index is 12.5. The summed E-state index contributed by atoms with van der Waals surface area (Å²) in [5.74, 6) is 1.12. The topological polar surface area (TPSA) is 63.8 Å². The Morgan fingerprint density at radius 3 is 2.83 bits per heavy atom. The van der Waals surface area contributed by atoms with Crippen LogP contribution in [-0.4, -0.2) is 50.3 Å². The SMILES string of the molecule is CC[C@H]1CN2CCc3c([nH]c4cccc(OC)c34)[C@@H]2C[C@@H]1/C(=C/OC)C(=O)OC. The molecule has 1 fully saturated rings. The van der Waals surface area contributed by atoms with Crippen molar-refractivity contribution in [2.24, 2.45) is 11.8 Å². The van der Waals surface area contributed by atoms with Crippen LogP contribution in [0.3, 0.4) is 0 Å². The minimum absolute atomic E-state index is 0.105. The molecule has 3 heterocycles. The highest BCUT2D eigenvalue weighted by atomic mass is 16.5. The van der Waals surface area contributed by atoms with Crippen molar-refractivity contribution in [3.05, 3.63) is 41.3 Å². The van der Waals surface area contributed by atoms with E-state index in [1.807, 2.05) is 12.1 Å². The van der Waals surface area contributed by atoms with Gasteiger partial charge in [0.25, 0.3) is 0 Å². The third-order valence-electron chi connectivity index (χ3n) is 6.67. The van der Waals surface area contributed by atoms with Crippen molar-refractivity contribution in [1.82, 2.24) is 9.88 Å². The van der Waals surface area contributed by atoms with Gasteiger partial charge in [-0.2, -0.15) is 0 Å². The van der Waals surface area contributed by atoms with E-state index in [9.17, 15) is 4.79 Å². The van der Waals surface area contributed by atoms with E-state index in [0.717, 1.165) is 43.6 Å². The highest BCUT2D eigenvalue weighted by Gasteiger charge is 2.42. The number of methoxy groups -OCH3 is 3. The molecular formula is C23H30N2O4. The van der Waals surface area contributed by atoms with Gasteiger partial charge in [0, 0.05) is 29.7 Å². The number of fused-ring (bicyclic) bond motifs is 5. The fourth-order valence-electron chi connectivity index (χ4n) is 5.28. The van der Waals surface area contributed by atoms with Gasteiger partial charge >= 0.3 is 5.97 Å². The summed E-state index contributed by atoms with van der Waals surface area (Å²) in [7, 11) is 4.75. The molecule has 0 spiro atoms. The van der Waals surface area contributed by atoms with E-state index >= 15 is 0 Å². The van der Waals surface area contributed by atoms with Crippen LogP contribution >= 0.6 is 0 Å². The number of carbonyl (C=O) groups excluding carboxylic acids is 1. The molecule has 0 saturated carbocycles. The van der Waals surface area contributed by atoms with Crippen LogP contribution in [0.15, 0.2) is 30.0 Å². The second kappa shape index (κ2) is 8.11. The largest absolute Gasteiger partial charge is 0.504 e. The van der Waals surface area contributed by atoms with Crippen molar-refractivity contribution in [3.8, 4) is 5.75 Å². The summed E-state index contributed by atoms with van der Waals surface area (Å²) >= 11 is 0. The van der Waals surface area contributed by atoms with E-state index in [0.29, 0.717) is 11.5 Å². The molecule has 1 aromatic carbocycles. The molecule has 1 saturated heterocycles. The molecule has 0 unspecified atom stereocenters. The Balaban J connectivity index is 1.76. The number of nitrogens with one attached hydrogen (secondary N) is 1. The van der Waals surface area contributed by atoms with Gasteiger partial charge in [-0.05, 0) is 42.4 Å². The van der Waals surface area contributed by atoms with E-state index in [4.69, 9.17) is 14.2 Å². The molecule has 2 aliphatic heterocycles. The summed E-state index contributed by atoms with van der Waals surface area (Å²) < 4.78 is 16.0. The lowest BCUT2D eigenvalue weighted by molar-refractivity contribution is -0.137. The molecule has 1 N–H and O–H groups in total. The van der Waals surface area contributed by atoms with Gasteiger partial charge in [0.2, 0.25) is 0 Å². The van der Waals surface area contributed by atoms with Crippen molar-refractivity contribution >= 4 is 16.9 Å². The number of benzene rings is 1. The Bertz CT molecular complexity index is 932. The minimum Gasteiger partial charge on any atom is -0.504 e. The molecule has 29 heavy (non-hydrogen) atoms. The van der Waals surface area contributed by atoms with Crippen molar-refractivity contribution in [1.29, 1.82) is 0 Å². The van der Waals surface area contributed by atoms with Crippen molar-refractivity contribution in [2.75, 3.05) is 34.4 Å². The minimum atomic E-state index is -0.293. The molecule has 0 aliphatic carbocycles. The molecule has 6 nitrogen and oxygen atoms in total. The highest BCUT2D eigenvalue weighted by Crippen LogP contribution is 2.47. The quantitative estimate of drug-likeness (QED) is 0.471. The number of nitrogens with zero attached hydrogens (tertiary/aromatic N) is 1. The average Bonchev–Trinajstić information content (AvgIpc) is 3.15. The summed E-state index contributed by atoms with van der Waals surface area (Å²) in [6.45, 7) is 4.19. The smallest absolute Gasteiger partial charge is 0.337 e. The Hall–Kier alpha value is -2.47. The Kier molecular flexibility index (Phi) is 5.54. The second-order valence-electron chi connectivity index (χ2n) is 7.97. The average molecular weight is 399 g/mol. The van der Waals surface area contributed by atoms with Gasteiger partial charge in [-0.15, -0.1) is 0 Å². The third kappa shape index (κ3) is 3.29. The van der Waals surface area contributed by atoms with E-state index in [1.54, 1.807) is 20.5 Å². The van der Waals surface area contributed by atoms with Crippen LogP contribution in [0.5, 0.6) is 5.75 Å². The standard InChI is InChI=1S/C23H30N2O4/c1-5-14-12-25-10-9-15-21-18(7-6-8-20(21)28-3)24-22(15)19(25)11-16(14)17(13-27-2)23(26)29-4/h6-8,13-14,16,19,24H,5,9-12H2,1-4H3/b17-13-/t14-,16-,19-/m0/s1. The number of esters is 1. The number of carbonyl (C=O) groups is 1. The predicted molar refractivity (Wildman–Crippen MR) is 112 cm³/mol. The molecule has 1 aromatic heterocycles. The van der Waals surface area contributed by atoms with Crippen LogP contribution in [0.4, 0.5) is 0 Å².